The van der Waals surface area contributed by atoms with Gasteiger partial charge in [0.1, 0.15) is 12.8 Å². The van der Waals surface area contributed by atoms with E-state index in [0.29, 0.717) is 31.6 Å². The highest BCUT2D eigenvalue weighted by Crippen LogP contribution is 2.36. The zero-order valence-electron chi connectivity index (χ0n) is 16.3. The van der Waals surface area contributed by atoms with E-state index >= 15 is 0 Å². The monoisotopic (exact) mass is 465 g/mol. The molecular weight excluding hydrogens is 448 g/mol. The van der Waals surface area contributed by atoms with Crippen molar-refractivity contribution in [3.8, 4) is 0 Å². The second-order valence-corrected chi connectivity index (χ2v) is 7.05. The average molecular weight is 465 g/mol. The zero-order valence-corrected chi connectivity index (χ0v) is 16.3. The number of benzene rings is 1. The number of halogens is 6. The number of hydrogen-bond donors (Lipinski definition) is 1. The molecule has 0 bridgehead atoms. The van der Waals surface area contributed by atoms with Gasteiger partial charge in [0.05, 0.1) is 17.2 Å². The van der Waals surface area contributed by atoms with Crippen LogP contribution in [0.4, 0.5) is 32.2 Å². The Morgan fingerprint density at radius 3 is 2.25 bits per heavy atom. The van der Waals surface area contributed by atoms with Gasteiger partial charge in [-0.15, -0.1) is 0 Å². The summed E-state index contributed by atoms with van der Waals surface area (Å²) >= 11 is 0. The Labute approximate surface area is 177 Å². The van der Waals surface area contributed by atoms with Crippen molar-refractivity contribution < 1.29 is 45.2 Å². The molecular formula is C19H17F6N3O4. The standard InChI is InChI=1S/C19H17F6N3O4/c20-18(21,22)12-6-11(7-13(8-12)19(23,24)25)17(30)28(9-14-2-1-4-31-14)10-16(29)26-15-3-5-32-27-15/h3,5-8,14H,1-2,4,9-10H2,(H,26,27,29). The molecule has 1 aromatic carbocycles. The predicted molar refractivity (Wildman–Crippen MR) is 96.5 cm³/mol. The van der Waals surface area contributed by atoms with Gasteiger partial charge in [-0.1, -0.05) is 5.16 Å². The number of nitrogens with zero attached hydrogens (tertiary/aromatic N) is 2. The quantitative estimate of drug-likeness (QED) is 0.653. The number of alkyl halides is 6. The van der Waals surface area contributed by atoms with Crippen molar-refractivity contribution in [1.29, 1.82) is 0 Å². The molecule has 1 N–H and O–H groups in total. The minimum absolute atomic E-state index is 0.0259. The summed E-state index contributed by atoms with van der Waals surface area (Å²) in [6.07, 6.45) is -8.37. The number of aromatic nitrogens is 1. The van der Waals surface area contributed by atoms with E-state index in [2.05, 4.69) is 15.0 Å². The highest BCUT2D eigenvalue weighted by atomic mass is 19.4. The van der Waals surface area contributed by atoms with Crippen LogP contribution in [-0.4, -0.2) is 47.7 Å². The van der Waals surface area contributed by atoms with Crippen LogP contribution in [0.25, 0.3) is 0 Å². The summed E-state index contributed by atoms with van der Waals surface area (Å²) in [5.41, 5.74) is -4.10. The van der Waals surface area contributed by atoms with Crippen LogP contribution < -0.4 is 5.32 Å². The Kier molecular flexibility index (Phi) is 6.77. The molecule has 1 unspecified atom stereocenters. The van der Waals surface area contributed by atoms with E-state index in [4.69, 9.17) is 4.74 Å². The summed E-state index contributed by atoms with van der Waals surface area (Å²) in [7, 11) is 0. The summed E-state index contributed by atoms with van der Waals surface area (Å²) in [6, 6.07) is 1.90. The Morgan fingerprint density at radius 1 is 1.09 bits per heavy atom. The molecule has 2 heterocycles. The molecule has 2 amide bonds. The largest absolute Gasteiger partial charge is 0.416 e. The van der Waals surface area contributed by atoms with Gasteiger partial charge in [-0.2, -0.15) is 26.3 Å². The fourth-order valence-corrected chi connectivity index (χ4v) is 3.15. The van der Waals surface area contributed by atoms with E-state index in [-0.39, 0.29) is 18.4 Å². The van der Waals surface area contributed by atoms with Crippen molar-refractivity contribution in [2.24, 2.45) is 0 Å². The summed E-state index contributed by atoms with van der Waals surface area (Å²) in [4.78, 5) is 26.1. The lowest BCUT2D eigenvalue weighted by molar-refractivity contribution is -0.143. The summed E-state index contributed by atoms with van der Waals surface area (Å²) in [5, 5.41) is 5.78. The van der Waals surface area contributed by atoms with Gasteiger partial charge in [-0.3, -0.25) is 9.59 Å². The maximum absolute atomic E-state index is 13.2. The highest BCUT2D eigenvalue weighted by molar-refractivity contribution is 5.99. The molecule has 0 spiro atoms. The van der Waals surface area contributed by atoms with Crippen molar-refractivity contribution >= 4 is 17.6 Å². The van der Waals surface area contributed by atoms with Gasteiger partial charge < -0.3 is 19.5 Å². The minimum Gasteiger partial charge on any atom is -0.376 e. The van der Waals surface area contributed by atoms with Gasteiger partial charge in [-0.25, -0.2) is 0 Å². The highest BCUT2D eigenvalue weighted by Gasteiger charge is 2.38. The van der Waals surface area contributed by atoms with Crippen LogP contribution in [0.5, 0.6) is 0 Å². The fourth-order valence-electron chi connectivity index (χ4n) is 3.15. The number of nitrogens with one attached hydrogen (secondary N) is 1. The van der Waals surface area contributed by atoms with E-state index in [1.165, 1.54) is 12.3 Å². The average Bonchev–Trinajstić information content (AvgIpc) is 3.39. The molecule has 0 aliphatic carbocycles. The molecule has 32 heavy (non-hydrogen) atoms. The lowest BCUT2D eigenvalue weighted by atomic mass is 10.0. The molecule has 1 fully saturated rings. The van der Waals surface area contributed by atoms with Crippen LogP contribution in [-0.2, 0) is 21.9 Å². The molecule has 1 atom stereocenters. The summed E-state index contributed by atoms with van der Waals surface area (Å²) in [6.45, 7) is -0.453. The first kappa shape index (κ1) is 23.6. The molecule has 0 radical (unpaired) electrons. The molecule has 1 saturated heterocycles. The molecule has 2 aromatic rings. The summed E-state index contributed by atoms with van der Waals surface area (Å²) in [5.74, 6) is -1.92. The Hall–Kier alpha value is -3.09. The van der Waals surface area contributed by atoms with Crippen LogP contribution in [0.15, 0.2) is 35.1 Å². The smallest absolute Gasteiger partial charge is 0.376 e. The van der Waals surface area contributed by atoms with E-state index in [0.717, 1.165) is 4.90 Å². The predicted octanol–water partition coefficient (Wildman–Crippen LogP) is 3.97. The normalized spacial score (nSPS) is 16.8. The first-order valence-corrected chi connectivity index (χ1v) is 9.34. The van der Waals surface area contributed by atoms with Gasteiger partial charge in [-0.05, 0) is 31.0 Å². The molecule has 1 aliphatic heterocycles. The van der Waals surface area contributed by atoms with Gasteiger partial charge in [0, 0.05) is 24.8 Å². The van der Waals surface area contributed by atoms with Crippen LogP contribution in [0.1, 0.15) is 34.3 Å². The maximum Gasteiger partial charge on any atom is 0.416 e. The molecule has 0 saturated carbocycles. The van der Waals surface area contributed by atoms with E-state index in [1.807, 2.05) is 0 Å². The van der Waals surface area contributed by atoms with Gasteiger partial charge >= 0.3 is 12.4 Å². The topological polar surface area (TPSA) is 84.7 Å². The first-order chi connectivity index (χ1) is 14.9. The molecule has 1 aliphatic rings. The second kappa shape index (κ2) is 9.18. The Balaban J connectivity index is 1.90. The third-order valence-corrected chi connectivity index (χ3v) is 4.61. The van der Waals surface area contributed by atoms with Crippen molar-refractivity contribution in [1.82, 2.24) is 10.1 Å². The van der Waals surface area contributed by atoms with Gasteiger partial charge in [0.25, 0.3) is 5.91 Å². The van der Waals surface area contributed by atoms with Crippen LogP contribution in [0.2, 0.25) is 0 Å². The number of carbonyl (C=O) groups excluding carboxylic acids is 2. The van der Waals surface area contributed by atoms with Crippen molar-refractivity contribution in [2.45, 2.75) is 31.3 Å². The van der Waals surface area contributed by atoms with Crippen LogP contribution in [0, 0.1) is 0 Å². The lowest BCUT2D eigenvalue weighted by Crippen LogP contribution is -2.42. The Bertz CT molecular complexity index is 921. The number of anilines is 1. The number of rotatable bonds is 6. The van der Waals surface area contributed by atoms with Crippen molar-refractivity contribution in [3.05, 3.63) is 47.2 Å². The van der Waals surface area contributed by atoms with Crippen LogP contribution in [0.3, 0.4) is 0 Å². The lowest BCUT2D eigenvalue weighted by Gasteiger charge is -2.25. The third kappa shape index (κ3) is 5.99. The van der Waals surface area contributed by atoms with E-state index in [1.54, 1.807) is 0 Å². The SMILES string of the molecule is O=C(CN(CC1CCCO1)C(=O)c1cc(C(F)(F)F)cc(C(F)(F)F)c1)Nc1ccon1. The zero-order chi connectivity index (χ0) is 23.5. The molecule has 1 aromatic heterocycles. The third-order valence-electron chi connectivity index (χ3n) is 4.61. The molecule has 3 rings (SSSR count). The second-order valence-electron chi connectivity index (χ2n) is 7.05. The maximum atomic E-state index is 13.2. The molecule has 13 heteroatoms. The number of carbonyl (C=O) groups is 2. The van der Waals surface area contributed by atoms with Crippen LogP contribution >= 0.6 is 0 Å². The number of ether oxygens (including phenoxy) is 1. The van der Waals surface area contributed by atoms with E-state index < -0.39 is 53.5 Å². The number of hydrogen-bond acceptors (Lipinski definition) is 5. The fraction of sp³-hybridized carbons (Fsp3) is 0.421. The minimum atomic E-state index is -5.11. The number of amides is 2. The molecule has 174 valence electrons. The first-order valence-electron chi connectivity index (χ1n) is 9.34. The summed E-state index contributed by atoms with van der Waals surface area (Å²) < 4.78 is 88.9. The van der Waals surface area contributed by atoms with Crippen molar-refractivity contribution in [2.75, 3.05) is 25.0 Å². The van der Waals surface area contributed by atoms with Gasteiger partial charge in [0.2, 0.25) is 5.91 Å². The van der Waals surface area contributed by atoms with E-state index in [9.17, 15) is 35.9 Å². The van der Waals surface area contributed by atoms with Gasteiger partial charge in [0.15, 0.2) is 5.82 Å². The van der Waals surface area contributed by atoms with Crippen molar-refractivity contribution in [3.63, 3.8) is 0 Å². The Morgan fingerprint density at radius 2 is 1.75 bits per heavy atom. The molecule has 7 nitrogen and oxygen atoms in total.